The van der Waals surface area contributed by atoms with Gasteiger partial charge in [0.25, 0.3) is 5.91 Å². The van der Waals surface area contributed by atoms with Crippen molar-refractivity contribution in [3.63, 3.8) is 0 Å². The minimum Gasteiger partial charge on any atom is -0.395 e. The molecule has 5 N–H and O–H groups in total. The molecule has 23 heavy (non-hydrogen) atoms. The second-order valence-electron chi connectivity index (χ2n) is 5.31. The zero-order valence-corrected chi connectivity index (χ0v) is 12.4. The van der Waals surface area contributed by atoms with Gasteiger partial charge in [0.05, 0.1) is 13.2 Å². The third kappa shape index (κ3) is 3.69. The first-order valence-corrected chi connectivity index (χ1v) is 7.28. The van der Waals surface area contributed by atoms with Crippen LogP contribution in [0.2, 0.25) is 0 Å². The third-order valence-corrected chi connectivity index (χ3v) is 3.80. The molecular formula is C15H21NO7. The molecule has 0 radical (unpaired) electrons. The van der Waals surface area contributed by atoms with E-state index in [9.17, 15) is 30.3 Å². The van der Waals surface area contributed by atoms with Gasteiger partial charge in [-0.2, -0.15) is 0 Å². The van der Waals surface area contributed by atoms with Gasteiger partial charge in [-0.05, 0) is 12.1 Å². The van der Waals surface area contributed by atoms with Crippen LogP contribution in [-0.4, -0.2) is 86.7 Å². The van der Waals surface area contributed by atoms with Crippen molar-refractivity contribution in [2.24, 2.45) is 0 Å². The Morgan fingerprint density at radius 2 is 1.70 bits per heavy atom. The van der Waals surface area contributed by atoms with Crippen molar-refractivity contribution in [1.29, 1.82) is 0 Å². The van der Waals surface area contributed by atoms with Crippen LogP contribution in [0.25, 0.3) is 0 Å². The number of hydrogen-bond acceptors (Lipinski definition) is 7. The number of aliphatic hydroxyl groups excluding tert-OH is 5. The normalized spacial score (nSPS) is 30.9. The van der Waals surface area contributed by atoms with E-state index in [2.05, 4.69) is 0 Å². The fourth-order valence-electron chi connectivity index (χ4n) is 2.54. The van der Waals surface area contributed by atoms with Crippen molar-refractivity contribution in [1.82, 2.24) is 4.90 Å². The Kier molecular flexibility index (Phi) is 6.05. The molecule has 1 aromatic rings. The molecule has 0 aliphatic carbocycles. The molecule has 128 valence electrons. The number of nitrogens with zero attached hydrogens (tertiary/aromatic N) is 1. The molecule has 1 heterocycles. The molecule has 2 rings (SSSR count). The van der Waals surface area contributed by atoms with Crippen molar-refractivity contribution in [3.8, 4) is 0 Å². The Morgan fingerprint density at radius 3 is 2.26 bits per heavy atom. The van der Waals surface area contributed by atoms with Gasteiger partial charge in [0.15, 0.2) is 6.23 Å². The molecule has 0 saturated carbocycles. The summed E-state index contributed by atoms with van der Waals surface area (Å²) in [6, 6.07) is 8.20. The first-order chi connectivity index (χ1) is 11.0. The van der Waals surface area contributed by atoms with E-state index in [-0.39, 0.29) is 13.2 Å². The van der Waals surface area contributed by atoms with E-state index in [1.807, 2.05) is 0 Å². The van der Waals surface area contributed by atoms with E-state index in [1.54, 1.807) is 30.3 Å². The largest absolute Gasteiger partial charge is 0.395 e. The van der Waals surface area contributed by atoms with Crippen LogP contribution in [-0.2, 0) is 4.74 Å². The lowest BCUT2D eigenvalue weighted by atomic mass is 9.97. The first kappa shape index (κ1) is 17.8. The van der Waals surface area contributed by atoms with Gasteiger partial charge in [0.1, 0.15) is 24.4 Å². The average molecular weight is 327 g/mol. The zero-order chi connectivity index (χ0) is 17.0. The molecule has 0 bridgehead atoms. The van der Waals surface area contributed by atoms with Crippen molar-refractivity contribution >= 4 is 5.91 Å². The Balaban J connectivity index is 2.27. The fourth-order valence-corrected chi connectivity index (χ4v) is 2.54. The van der Waals surface area contributed by atoms with Crippen LogP contribution in [0.1, 0.15) is 10.4 Å². The average Bonchev–Trinajstić information content (AvgIpc) is 2.58. The SMILES string of the molecule is O=C(c1ccccc1)N(CCO)[C@@H]1O[C@H](CO)[C@H](O)[C@H](O)[C@H]1O. The van der Waals surface area contributed by atoms with Crippen LogP contribution < -0.4 is 0 Å². The molecule has 1 aliphatic heterocycles. The summed E-state index contributed by atoms with van der Waals surface area (Å²) in [7, 11) is 0. The van der Waals surface area contributed by atoms with Gasteiger partial charge in [-0.1, -0.05) is 18.2 Å². The minimum atomic E-state index is -1.59. The highest BCUT2D eigenvalue weighted by Crippen LogP contribution is 2.24. The maximum Gasteiger partial charge on any atom is 0.256 e. The molecule has 1 amide bonds. The maximum absolute atomic E-state index is 12.6. The Morgan fingerprint density at radius 1 is 1.04 bits per heavy atom. The van der Waals surface area contributed by atoms with Gasteiger partial charge >= 0.3 is 0 Å². The number of amides is 1. The topological polar surface area (TPSA) is 131 Å². The number of ether oxygens (including phenoxy) is 1. The van der Waals surface area contributed by atoms with Crippen LogP contribution >= 0.6 is 0 Å². The van der Waals surface area contributed by atoms with Crippen molar-refractivity contribution in [2.45, 2.75) is 30.6 Å². The van der Waals surface area contributed by atoms with E-state index in [0.717, 1.165) is 4.90 Å². The number of hydrogen-bond donors (Lipinski definition) is 5. The smallest absolute Gasteiger partial charge is 0.256 e. The third-order valence-electron chi connectivity index (χ3n) is 3.80. The predicted molar refractivity (Wildman–Crippen MR) is 78.3 cm³/mol. The summed E-state index contributed by atoms with van der Waals surface area (Å²) < 4.78 is 5.37. The van der Waals surface area contributed by atoms with Gasteiger partial charge < -0.3 is 35.2 Å². The summed E-state index contributed by atoms with van der Waals surface area (Å²) in [5.41, 5.74) is 0.318. The summed E-state index contributed by atoms with van der Waals surface area (Å²) in [6.45, 7) is -1.11. The Hall–Kier alpha value is -1.55. The van der Waals surface area contributed by atoms with Gasteiger partial charge in [-0.15, -0.1) is 0 Å². The number of carbonyl (C=O) groups excluding carboxylic acids is 1. The number of rotatable bonds is 5. The first-order valence-electron chi connectivity index (χ1n) is 7.28. The maximum atomic E-state index is 12.6. The van der Waals surface area contributed by atoms with Gasteiger partial charge in [0.2, 0.25) is 0 Å². The van der Waals surface area contributed by atoms with E-state index < -0.39 is 43.2 Å². The van der Waals surface area contributed by atoms with E-state index in [0.29, 0.717) is 5.56 Å². The molecule has 5 atom stereocenters. The second-order valence-corrected chi connectivity index (χ2v) is 5.31. The highest BCUT2D eigenvalue weighted by atomic mass is 16.6. The minimum absolute atomic E-state index is 0.142. The van der Waals surface area contributed by atoms with E-state index >= 15 is 0 Å². The van der Waals surface area contributed by atoms with Gasteiger partial charge in [0, 0.05) is 12.1 Å². The molecule has 0 unspecified atom stereocenters. The number of carbonyl (C=O) groups is 1. The second kappa shape index (κ2) is 7.82. The molecule has 1 aliphatic rings. The molecular weight excluding hydrogens is 306 g/mol. The Labute approximate surface area is 133 Å². The van der Waals surface area contributed by atoms with E-state index in [4.69, 9.17) is 4.74 Å². The van der Waals surface area contributed by atoms with Crippen LogP contribution in [0, 0.1) is 0 Å². The van der Waals surface area contributed by atoms with Crippen LogP contribution in [0.5, 0.6) is 0 Å². The molecule has 1 fully saturated rings. The van der Waals surface area contributed by atoms with Crippen LogP contribution in [0.3, 0.4) is 0 Å². The van der Waals surface area contributed by atoms with Crippen LogP contribution in [0.15, 0.2) is 30.3 Å². The highest BCUT2D eigenvalue weighted by Gasteiger charge is 2.46. The quantitative estimate of drug-likeness (QED) is 0.419. The van der Waals surface area contributed by atoms with Crippen molar-refractivity contribution in [2.75, 3.05) is 19.8 Å². The molecule has 1 aromatic carbocycles. The van der Waals surface area contributed by atoms with Crippen LogP contribution in [0.4, 0.5) is 0 Å². The molecule has 1 saturated heterocycles. The fraction of sp³-hybridized carbons (Fsp3) is 0.533. The summed E-state index contributed by atoms with van der Waals surface area (Å²) in [6.07, 6.45) is -7.09. The molecule has 8 nitrogen and oxygen atoms in total. The summed E-state index contributed by atoms with van der Waals surface area (Å²) in [4.78, 5) is 13.6. The highest BCUT2D eigenvalue weighted by molar-refractivity contribution is 5.94. The Bertz CT molecular complexity index is 510. The summed E-state index contributed by atoms with van der Waals surface area (Å²) >= 11 is 0. The number of benzene rings is 1. The molecule has 8 heteroatoms. The summed E-state index contributed by atoms with van der Waals surface area (Å²) in [5.74, 6) is -0.510. The lowest BCUT2D eigenvalue weighted by molar-refractivity contribution is -0.258. The lowest BCUT2D eigenvalue weighted by Crippen LogP contribution is -2.64. The molecule has 0 spiro atoms. The predicted octanol–water partition coefficient (Wildman–Crippen LogP) is -2.08. The summed E-state index contributed by atoms with van der Waals surface area (Å²) in [5, 5.41) is 48.2. The molecule has 0 aromatic heterocycles. The lowest BCUT2D eigenvalue weighted by Gasteiger charge is -2.44. The van der Waals surface area contributed by atoms with Gasteiger partial charge in [-0.3, -0.25) is 4.79 Å². The van der Waals surface area contributed by atoms with Crippen molar-refractivity contribution in [3.05, 3.63) is 35.9 Å². The van der Waals surface area contributed by atoms with E-state index in [1.165, 1.54) is 0 Å². The standard InChI is InChI=1S/C15H21NO7/c17-7-6-16(14(22)9-4-2-1-3-5-9)15-13(21)12(20)11(19)10(8-18)23-15/h1-5,10-13,15,17-21H,6-8H2/t10-,11+,12+,13-,15-/m1/s1. The number of aliphatic hydroxyl groups is 5. The zero-order valence-electron chi connectivity index (χ0n) is 12.4. The monoisotopic (exact) mass is 327 g/mol. The van der Waals surface area contributed by atoms with Gasteiger partial charge in [-0.25, -0.2) is 0 Å². The van der Waals surface area contributed by atoms with Crippen molar-refractivity contribution < 1.29 is 35.1 Å².